The van der Waals surface area contributed by atoms with Crippen LogP contribution in [0.4, 0.5) is 0 Å². The second-order valence-corrected chi connectivity index (χ2v) is 7.44. The highest BCUT2D eigenvalue weighted by Crippen LogP contribution is 2.33. The van der Waals surface area contributed by atoms with E-state index in [9.17, 15) is 4.79 Å². The SMILES string of the molecule is Cc1nnc2ccc(-n3nc(-c4ccc[nH]c4=O)nc3C3CCC(N)CC3)nn12. The van der Waals surface area contributed by atoms with Crippen LogP contribution < -0.4 is 11.3 Å². The van der Waals surface area contributed by atoms with E-state index in [1.165, 1.54) is 0 Å². The van der Waals surface area contributed by atoms with Crippen LogP contribution in [0, 0.1) is 6.92 Å². The number of hydrogen-bond donors (Lipinski definition) is 2. The molecule has 1 aliphatic carbocycles. The van der Waals surface area contributed by atoms with Gasteiger partial charge in [0.1, 0.15) is 5.82 Å². The van der Waals surface area contributed by atoms with Gasteiger partial charge in [0.25, 0.3) is 5.56 Å². The number of aryl methyl sites for hydroxylation is 1. The predicted molar refractivity (Wildman–Crippen MR) is 106 cm³/mol. The van der Waals surface area contributed by atoms with Crippen LogP contribution in [0.2, 0.25) is 0 Å². The Morgan fingerprint density at radius 1 is 1.10 bits per heavy atom. The van der Waals surface area contributed by atoms with E-state index in [0.29, 0.717) is 28.7 Å². The highest BCUT2D eigenvalue weighted by molar-refractivity contribution is 5.53. The lowest BCUT2D eigenvalue weighted by Gasteiger charge is -2.25. The molecular formula is C19H21N9O. The average molecular weight is 391 g/mol. The molecule has 0 aromatic carbocycles. The van der Waals surface area contributed by atoms with E-state index < -0.39 is 0 Å². The normalized spacial score (nSPS) is 19.7. The zero-order chi connectivity index (χ0) is 20.0. The van der Waals surface area contributed by atoms with Gasteiger partial charge in [-0.1, -0.05) is 0 Å². The molecule has 0 bridgehead atoms. The van der Waals surface area contributed by atoms with E-state index in [-0.39, 0.29) is 17.5 Å². The fourth-order valence-corrected chi connectivity index (χ4v) is 3.85. The van der Waals surface area contributed by atoms with Crippen LogP contribution in [-0.2, 0) is 0 Å². The molecule has 3 N–H and O–H groups in total. The van der Waals surface area contributed by atoms with Gasteiger partial charge >= 0.3 is 0 Å². The number of nitrogens with two attached hydrogens (primary N) is 1. The first-order valence-corrected chi connectivity index (χ1v) is 9.70. The minimum Gasteiger partial charge on any atom is -0.328 e. The van der Waals surface area contributed by atoms with Crippen molar-refractivity contribution < 1.29 is 0 Å². The third kappa shape index (κ3) is 3.11. The zero-order valence-electron chi connectivity index (χ0n) is 16.0. The van der Waals surface area contributed by atoms with E-state index >= 15 is 0 Å². The van der Waals surface area contributed by atoms with Crippen molar-refractivity contribution in [3.8, 4) is 17.2 Å². The lowest BCUT2D eigenvalue weighted by molar-refractivity contribution is 0.380. The number of hydrogen-bond acceptors (Lipinski definition) is 7. The van der Waals surface area contributed by atoms with Gasteiger partial charge in [0.15, 0.2) is 23.1 Å². The van der Waals surface area contributed by atoms with Crippen LogP contribution in [0.5, 0.6) is 0 Å². The van der Waals surface area contributed by atoms with E-state index in [1.807, 2.05) is 19.1 Å². The van der Waals surface area contributed by atoms with E-state index in [4.69, 9.17) is 10.7 Å². The molecule has 29 heavy (non-hydrogen) atoms. The van der Waals surface area contributed by atoms with Gasteiger partial charge in [-0.2, -0.15) is 9.20 Å². The Bertz CT molecular complexity index is 1230. The van der Waals surface area contributed by atoms with Crippen molar-refractivity contribution in [1.82, 2.24) is 39.6 Å². The Hall–Kier alpha value is -3.40. The molecule has 10 nitrogen and oxygen atoms in total. The fourth-order valence-electron chi connectivity index (χ4n) is 3.85. The van der Waals surface area contributed by atoms with E-state index in [0.717, 1.165) is 31.5 Å². The minimum absolute atomic E-state index is 0.207. The number of pyridine rings is 1. The summed E-state index contributed by atoms with van der Waals surface area (Å²) >= 11 is 0. The van der Waals surface area contributed by atoms with Gasteiger partial charge in [0, 0.05) is 18.2 Å². The van der Waals surface area contributed by atoms with Gasteiger partial charge in [-0.25, -0.2) is 4.98 Å². The Kier molecular flexibility index (Phi) is 4.20. The number of nitrogens with zero attached hydrogens (tertiary/aromatic N) is 7. The van der Waals surface area contributed by atoms with Crippen LogP contribution in [0.25, 0.3) is 22.9 Å². The summed E-state index contributed by atoms with van der Waals surface area (Å²) < 4.78 is 3.41. The second-order valence-electron chi connectivity index (χ2n) is 7.44. The van der Waals surface area contributed by atoms with Crippen LogP contribution >= 0.6 is 0 Å². The summed E-state index contributed by atoms with van der Waals surface area (Å²) in [6.45, 7) is 1.84. The zero-order valence-corrected chi connectivity index (χ0v) is 16.0. The van der Waals surface area contributed by atoms with Gasteiger partial charge in [-0.3, -0.25) is 4.79 Å². The molecule has 0 radical (unpaired) electrons. The van der Waals surface area contributed by atoms with Crippen molar-refractivity contribution in [1.29, 1.82) is 0 Å². The molecule has 0 saturated heterocycles. The lowest BCUT2D eigenvalue weighted by atomic mass is 9.86. The number of fused-ring (bicyclic) bond motifs is 1. The Labute approximate surface area is 165 Å². The Morgan fingerprint density at radius 3 is 2.72 bits per heavy atom. The molecule has 0 amide bonds. The number of aromatic amines is 1. The topological polar surface area (TPSA) is 133 Å². The van der Waals surface area contributed by atoms with Crippen molar-refractivity contribution in [2.24, 2.45) is 5.73 Å². The minimum atomic E-state index is -0.222. The van der Waals surface area contributed by atoms with Crippen LogP contribution in [0.15, 0.2) is 35.3 Å². The molecule has 10 heteroatoms. The molecule has 0 aliphatic heterocycles. The summed E-state index contributed by atoms with van der Waals surface area (Å²) in [4.78, 5) is 19.7. The number of nitrogens with one attached hydrogen (secondary N) is 1. The number of H-pyrrole nitrogens is 1. The van der Waals surface area contributed by atoms with E-state index in [1.54, 1.807) is 27.5 Å². The molecule has 148 valence electrons. The van der Waals surface area contributed by atoms with Gasteiger partial charge in [-0.05, 0) is 56.9 Å². The molecule has 5 rings (SSSR count). The van der Waals surface area contributed by atoms with Crippen LogP contribution in [-0.4, -0.2) is 45.6 Å². The second kappa shape index (κ2) is 6.89. The maximum absolute atomic E-state index is 12.3. The van der Waals surface area contributed by atoms with Crippen LogP contribution in [0.1, 0.15) is 43.3 Å². The van der Waals surface area contributed by atoms with Crippen molar-refractivity contribution in [3.63, 3.8) is 0 Å². The molecule has 4 aromatic rings. The third-order valence-electron chi connectivity index (χ3n) is 5.45. The van der Waals surface area contributed by atoms with Crippen molar-refractivity contribution in [2.45, 2.75) is 44.6 Å². The van der Waals surface area contributed by atoms with Gasteiger partial charge in [-0.15, -0.1) is 20.4 Å². The summed E-state index contributed by atoms with van der Waals surface area (Å²) in [5, 5.41) is 17.5. The number of rotatable bonds is 3. The molecule has 0 atom stereocenters. The van der Waals surface area contributed by atoms with Crippen molar-refractivity contribution >= 4 is 5.65 Å². The predicted octanol–water partition coefficient (Wildman–Crippen LogP) is 1.35. The molecule has 1 fully saturated rings. The third-order valence-corrected chi connectivity index (χ3v) is 5.45. The highest BCUT2D eigenvalue weighted by Gasteiger charge is 2.27. The maximum atomic E-state index is 12.3. The van der Waals surface area contributed by atoms with Crippen molar-refractivity contribution in [3.05, 3.63) is 52.5 Å². The van der Waals surface area contributed by atoms with Gasteiger partial charge in [0.05, 0.1) is 5.56 Å². The molecule has 1 aliphatic rings. The summed E-state index contributed by atoms with van der Waals surface area (Å²) in [5.41, 5.74) is 6.96. The summed E-state index contributed by atoms with van der Waals surface area (Å²) in [6, 6.07) is 7.41. The smallest absolute Gasteiger partial charge is 0.259 e. The van der Waals surface area contributed by atoms with Crippen molar-refractivity contribution in [2.75, 3.05) is 0 Å². The average Bonchev–Trinajstić information content (AvgIpc) is 3.33. The Balaban J connectivity index is 1.66. The van der Waals surface area contributed by atoms with Gasteiger partial charge < -0.3 is 10.7 Å². The summed E-state index contributed by atoms with van der Waals surface area (Å²) in [7, 11) is 0. The largest absolute Gasteiger partial charge is 0.328 e. The first kappa shape index (κ1) is 17.7. The van der Waals surface area contributed by atoms with Crippen LogP contribution in [0.3, 0.4) is 0 Å². The number of aromatic nitrogens is 8. The fraction of sp³-hybridized carbons (Fsp3) is 0.368. The highest BCUT2D eigenvalue weighted by atomic mass is 16.1. The monoisotopic (exact) mass is 391 g/mol. The first-order chi connectivity index (χ1) is 14.1. The molecule has 4 heterocycles. The quantitative estimate of drug-likeness (QED) is 0.538. The summed E-state index contributed by atoms with van der Waals surface area (Å²) in [5.74, 6) is 2.69. The lowest BCUT2D eigenvalue weighted by Crippen LogP contribution is -2.27. The molecular weight excluding hydrogens is 370 g/mol. The summed E-state index contributed by atoms with van der Waals surface area (Å²) in [6.07, 6.45) is 5.33. The Morgan fingerprint density at radius 2 is 1.93 bits per heavy atom. The first-order valence-electron chi connectivity index (χ1n) is 9.70. The molecule has 0 spiro atoms. The van der Waals surface area contributed by atoms with Gasteiger partial charge in [0.2, 0.25) is 0 Å². The van der Waals surface area contributed by atoms with E-state index in [2.05, 4.69) is 25.4 Å². The molecule has 4 aromatic heterocycles. The molecule has 1 saturated carbocycles. The molecule has 0 unspecified atom stereocenters. The standard InChI is InChI=1S/C19H21N9O/c1-11-23-24-15-8-9-16(25-27(11)15)28-18(12-4-6-13(20)7-5-12)22-17(26-28)14-3-2-10-21-19(14)29/h2-3,8-10,12-13H,4-7,20H2,1H3,(H,21,29). The maximum Gasteiger partial charge on any atom is 0.259 e.